The van der Waals surface area contributed by atoms with Crippen LogP contribution in [0.5, 0.6) is 0 Å². The number of anilines is 1. The summed E-state index contributed by atoms with van der Waals surface area (Å²) in [6, 6.07) is 5.63. The minimum absolute atomic E-state index is 0.0362. The molecule has 1 fully saturated rings. The van der Waals surface area contributed by atoms with Gasteiger partial charge < -0.3 is 10.6 Å². The molecule has 1 amide bonds. The highest BCUT2D eigenvalue weighted by Gasteiger charge is 2.22. The van der Waals surface area contributed by atoms with Crippen LogP contribution in [-0.4, -0.2) is 19.0 Å². The average Bonchev–Trinajstić information content (AvgIpc) is 2.38. The summed E-state index contributed by atoms with van der Waals surface area (Å²) in [6.45, 7) is 2.25. The normalized spacial score (nSPS) is 22.9. The summed E-state index contributed by atoms with van der Waals surface area (Å²) in [6.07, 6.45) is 4.61. The van der Waals surface area contributed by atoms with E-state index in [4.69, 9.17) is 11.6 Å². The first kappa shape index (κ1) is 14.2. The van der Waals surface area contributed by atoms with E-state index in [0.29, 0.717) is 22.5 Å². The Balaban J connectivity index is 2.09. The molecule has 1 saturated carbocycles. The van der Waals surface area contributed by atoms with E-state index in [1.807, 2.05) is 13.1 Å². The van der Waals surface area contributed by atoms with Gasteiger partial charge in [0.05, 0.1) is 5.56 Å². The van der Waals surface area contributed by atoms with Crippen molar-refractivity contribution in [2.45, 2.75) is 38.6 Å². The Kier molecular flexibility index (Phi) is 4.70. The molecule has 2 N–H and O–H groups in total. The predicted molar refractivity (Wildman–Crippen MR) is 79.9 cm³/mol. The van der Waals surface area contributed by atoms with Crippen LogP contribution in [0.2, 0.25) is 5.02 Å². The van der Waals surface area contributed by atoms with Gasteiger partial charge in [-0.05, 0) is 37.0 Å². The van der Waals surface area contributed by atoms with Gasteiger partial charge in [0.2, 0.25) is 0 Å². The second kappa shape index (κ2) is 6.29. The van der Waals surface area contributed by atoms with Crippen molar-refractivity contribution in [3.8, 4) is 0 Å². The second-order valence-corrected chi connectivity index (χ2v) is 5.82. The molecule has 2 unspecified atom stereocenters. The quantitative estimate of drug-likeness (QED) is 0.887. The molecule has 0 heterocycles. The van der Waals surface area contributed by atoms with Crippen LogP contribution in [0.3, 0.4) is 0 Å². The van der Waals surface area contributed by atoms with Gasteiger partial charge in [0.1, 0.15) is 0 Å². The summed E-state index contributed by atoms with van der Waals surface area (Å²) in [7, 11) is 1.81. The van der Waals surface area contributed by atoms with Gasteiger partial charge in [-0.25, -0.2) is 0 Å². The third-order valence-corrected chi connectivity index (χ3v) is 4.00. The monoisotopic (exact) mass is 280 g/mol. The molecule has 0 aromatic heterocycles. The molecule has 1 aliphatic rings. The van der Waals surface area contributed by atoms with Gasteiger partial charge in [-0.1, -0.05) is 31.4 Å². The summed E-state index contributed by atoms with van der Waals surface area (Å²) < 4.78 is 0. The first-order chi connectivity index (χ1) is 9.10. The van der Waals surface area contributed by atoms with Crippen molar-refractivity contribution < 1.29 is 4.79 Å². The summed E-state index contributed by atoms with van der Waals surface area (Å²) in [5.41, 5.74) is 1.43. The van der Waals surface area contributed by atoms with Crippen molar-refractivity contribution in [1.82, 2.24) is 5.32 Å². The van der Waals surface area contributed by atoms with Gasteiger partial charge in [-0.3, -0.25) is 4.79 Å². The Labute approximate surface area is 119 Å². The summed E-state index contributed by atoms with van der Waals surface area (Å²) in [5, 5.41) is 6.74. The molecule has 1 aromatic carbocycles. The lowest BCUT2D eigenvalue weighted by Gasteiger charge is -2.27. The predicted octanol–water partition coefficient (Wildman–Crippen LogP) is 3.69. The molecule has 0 saturated heterocycles. The number of benzene rings is 1. The number of carbonyl (C=O) groups is 1. The SMILES string of the molecule is CNc1ccc(Cl)cc1C(=O)NC1CCCC(C)C1. The van der Waals surface area contributed by atoms with Crippen molar-refractivity contribution in [2.24, 2.45) is 5.92 Å². The van der Waals surface area contributed by atoms with E-state index in [0.717, 1.165) is 18.5 Å². The molecule has 104 valence electrons. The molecule has 19 heavy (non-hydrogen) atoms. The minimum atomic E-state index is -0.0362. The summed E-state index contributed by atoms with van der Waals surface area (Å²) in [4.78, 5) is 12.3. The van der Waals surface area contributed by atoms with E-state index < -0.39 is 0 Å². The van der Waals surface area contributed by atoms with E-state index in [1.54, 1.807) is 12.1 Å². The Morgan fingerprint density at radius 3 is 2.84 bits per heavy atom. The summed E-state index contributed by atoms with van der Waals surface area (Å²) >= 11 is 5.98. The Morgan fingerprint density at radius 1 is 1.37 bits per heavy atom. The largest absolute Gasteiger partial charge is 0.387 e. The Morgan fingerprint density at radius 2 is 2.16 bits per heavy atom. The fraction of sp³-hybridized carbons (Fsp3) is 0.533. The van der Waals surface area contributed by atoms with Gasteiger partial charge in [-0.2, -0.15) is 0 Å². The highest BCUT2D eigenvalue weighted by Crippen LogP contribution is 2.25. The lowest BCUT2D eigenvalue weighted by molar-refractivity contribution is 0.0922. The third kappa shape index (κ3) is 3.63. The van der Waals surface area contributed by atoms with Crippen LogP contribution in [0.15, 0.2) is 18.2 Å². The van der Waals surface area contributed by atoms with Crippen LogP contribution >= 0.6 is 11.6 Å². The lowest BCUT2D eigenvalue weighted by atomic mass is 9.87. The number of hydrogen-bond donors (Lipinski definition) is 2. The molecule has 2 atom stereocenters. The molecular weight excluding hydrogens is 260 g/mol. The van der Waals surface area contributed by atoms with Gasteiger partial charge in [0.15, 0.2) is 0 Å². The molecule has 0 spiro atoms. The minimum Gasteiger partial charge on any atom is -0.387 e. The summed E-state index contributed by atoms with van der Waals surface area (Å²) in [5.74, 6) is 0.660. The third-order valence-electron chi connectivity index (χ3n) is 3.77. The Hall–Kier alpha value is -1.22. The van der Waals surface area contributed by atoms with E-state index in [9.17, 15) is 4.79 Å². The maximum absolute atomic E-state index is 12.3. The molecular formula is C15H21ClN2O. The molecule has 1 aliphatic carbocycles. The molecule has 0 radical (unpaired) electrons. The second-order valence-electron chi connectivity index (χ2n) is 5.38. The highest BCUT2D eigenvalue weighted by molar-refractivity contribution is 6.31. The van der Waals surface area contributed by atoms with Crippen LogP contribution in [0.4, 0.5) is 5.69 Å². The Bertz CT molecular complexity index is 461. The van der Waals surface area contributed by atoms with E-state index in [-0.39, 0.29) is 5.91 Å². The maximum Gasteiger partial charge on any atom is 0.253 e. The van der Waals surface area contributed by atoms with E-state index in [2.05, 4.69) is 17.6 Å². The standard InChI is InChI=1S/C15H21ClN2O/c1-10-4-3-5-12(8-10)18-15(19)13-9-11(16)6-7-14(13)17-2/h6-7,9-10,12,17H,3-5,8H2,1-2H3,(H,18,19). The van der Waals surface area contributed by atoms with Crippen LogP contribution in [0.1, 0.15) is 43.0 Å². The smallest absolute Gasteiger partial charge is 0.253 e. The number of amides is 1. The maximum atomic E-state index is 12.3. The molecule has 2 rings (SSSR count). The first-order valence-electron chi connectivity index (χ1n) is 6.88. The number of carbonyl (C=O) groups excluding carboxylic acids is 1. The van der Waals surface area contributed by atoms with E-state index >= 15 is 0 Å². The molecule has 1 aromatic rings. The molecule has 0 aliphatic heterocycles. The van der Waals surface area contributed by atoms with Crippen molar-refractivity contribution in [2.75, 3.05) is 12.4 Å². The van der Waals surface area contributed by atoms with Gasteiger partial charge in [0.25, 0.3) is 5.91 Å². The van der Waals surface area contributed by atoms with Crippen LogP contribution < -0.4 is 10.6 Å². The average molecular weight is 281 g/mol. The van der Waals surface area contributed by atoms with Gasteiger partial charge >= 0.3 is 0 Å². The first-order valence-corrected chi connectivity index (χ1v) is 7.26. The van der Waals surface area contributed by atoms with Crippen LogP contribution in [0.25, 0.3) is 0 Å². The topological polar surface area (TPSA) is 41.1 Å². The number of rotatable bonds is 3. The number of hydrogen-bond acceptors (Lipinski definition) is 2. The molecule has 0 bridgehead atoms. The van der Waals surface area contributed by atoms with Crippen molar-refractivity contribution in [3.63, 3.8) is 0 Å². The molecule has 3 nitrogen and oxygen atoms in total. The zero-order chi connectivity index (χ0) is 13.8. The number of halogens is 1. The fourth-order valence-corrected chi connectivity index (χ4v) is 2.92. The zero-order valence-corrected chi connectivity index (χ0v) is 12.3. The van der Waals surface area contributed by atoms with Crippen molar-refractivity contribution >= 4 is 23.2 Å². The van der Waals surface area contributed by atoms with Crippen molar-refractivity contribution in [3.05, 3.63) is 28.8 Å². The van der Waals surface area contributed by atoms with Crippen LogP contribution in [-0.2, 0) is 0 Å². The van der Waals surface area contributed by atoms with Crippen molar-refractivity contribution in [1.29, 1.82) is 0 Å². The number of nitrogens with one attached hydrogen (secondary N) is 2. The fourth-order valence-electron chi connectivity index (χ4n) is 2.75. The van der Waals surface area contributed by atoms with Gasteiger partial charge in [-0.15, -0.1) is 0 Å². The lowest BCUT2D eigenvalue weighted by Crippen LogP contribution is -2.38. The molecule has 4 heteroatoms. The van der Waals surface area contributed by atoms with E-state index in [1.165, 1.54) is 12.8 Å². The van der Waals surface area contributed by atoms with Crippen LogP contribution in [0, 0.1) is 5.92 Å². The zero-order valence-electron chi connectivity index (χ0n) is 11.5. The van der Waals surface area contributed by atoms with Gasteiger partial charge in [0, 0.05) is 23.8 Å². The highest BCUT2D eigenvalue weighted by atomic mass is 35.5.